The second-order valence-corrected chi connectivity index (χ2v) is 6.21. The van der Waals surface area contributed by atoms with E-state index in [-0.39, 0.29) is 5.91 Å². The van der Waals surface area contributed by atoms with Crippen molar-refractivity contribution in [3.05, 3.63) is 78.0 Å². The predicted octanol–water partition coefficient (Wildman–Crippen LogP) is 3.49. The van der Waals surface area contributed by atoms with E-state index in [0.29, 0.717) is 12.1 Å². The Balaban J connectivity index is 1.48. The first kappa shape index (κ1) is 17.1. The van der Waals surface area contributed by atoms with Crippen LogP contribution in [0.5, 0.6) is 0 Å². The van der Waals surface area contributed by atoms with Gasteiger partial charge in [-0.2, -0.15) is 0 Å². The molecule has 4 heteroatoms. The van der Waals surface area contributed by atoms with Crippen LogP contribution in [-0.2, 0) is 6.54 Å². The number of rotatable bonds is 7. The molecule has 2 aromatic carbocycles. The summed E-state index contributed by atoms with van der Waals surface area (Å²) >= 11 is 0. The Kier molecular flexibility index (Phi) is 5.75. The molecule has 1 aromatic heterocycles. The Morgan fingerprint density at radius 2 is 1.84 bits per heavy atom. The Morgan fingerprint density at radius 3 is 2.68 bits per heavy atom. The van der Waals surface area contributed by atoms with Gasteiger partial charge in [0.05, 0.1) is 11.1 Å². The molecule has 0 aliphatic rings. The third-order valence-corrected chi connectivity index (χ3v) is 4.17. The summed E-state index contributed by atoms with van der Waals surface area (Å²) < 4.78 is 0. The molecule has 1 N–H and O–H groups in total. The molecule has 0 bridgehead atoms. The van der Waals surface area contributed by atoms with E-state index >= 15 is 0 Å². The summed E-state index contributed by atoms with van der Waals surface area (Å²) in [7, 11) is 2.10. The molecule has 128 valence electrons. The second-order valence-electron chi connectivity index (χ2n) is 6.21. The molecule has 25 heavy (non-hydrogen) atoms. The van der Waals surface area contributed by atoms with Crippen molar-refractivity contribution in [2.45, 2.75) is 13.0 Å². The predicted molar refractivity (Wildman–Crippen MR) is 101 cm³/mol. The lowest BCUT2D eigenvalue weighted by atomic mass is 10.1. The van der Waals surface area contributed by atoms with Crippen LogP contribution in [0.1, 0.15) is 22.3 Å². The maximum atomic E-state index is 12.4. The van der Waals surface area contributed by atoms with Crippen LogP contribution in [0, 0.1) is 0 Å². The minimum absolute atomic E-state index is 0.0602. The molecule has 3 rings (SSSR count). The van der Waals surface area contributed by atoms with Crippen LogP contribution in [0.3, 0.4) is 0 Å². The first-order chi connectivity index (χ1) is 12.2. The number of carbonyl (C=O) groups is 1. The minimum atomic E-state index is -0.0602. The van der Waals surface area contributed by atoms with Gasteiger partial charge in [0.25, 0.3) is 5.91 Å². The summed E-state index contributed by atoms with van der Waals surface area (Å²) in [4.78, 5) is 19.0. The zero-order valence-electron chi connectivity index (χ0n) is 14.5. The van der Waals surface area contributed by atoms with Crippen LogP contribution in [0.25, 0.3) is 10.9 Å². The molecule has 0 radical (unpaired) electrons. The molecule has 0 atom stereocenters. The summed E-state index contributed by atoms with van der Waals surface area (Å²) in [5, 5.41) is 3.99. The number of benzene rings is 2. The molecular formula is C21H23N3O. The van der Waals surface area contributed by atoms with Crippen LogP contribution in [0.4, 0.5) is 0 Å². The smallest absolute Gasteiger partial charge is 0.253 e. The van der Waals surface area contributed by atoms with Crippen molar-refractivity contribution < 1.29 is 4.79 Å². The van der Waals surface area contributed by atoms with Crippen molar-refractivity contribution >= 4 is 16.8 Å². The molecule has 1 amide bonds. The molecule has 0 saturated heterocycles. The van der Waals surface area contributed by atoms with Crippen LogP contribution < -0.4 is 5.32 Å². The third kappa shape index (κ3) is 4.64. The Labute approximate surface area is 148 Å². The maximum Gasteiger partial charge on any atom is 0.253 e. The number of nitrogens with one attached hydrogen (secondary N) is 1. The lowest BCUT2D eigenvalue weighted by molar-refractivity contribution is 0.0953. The topological polar surface area (TPSA) is 45.2 Å². The number of aromatic nitrogens is 1. The van der Waals surface area contributed by atoms with Crippen LogP contribution in [0.15, 0.2) is 66.9 Å². The van der Waals surface area contributed by atoms with Crippen LogP contribution in [-0.4, -0.2) is 35.9 Å². The second kappa shape index (κ2) is 8.40. The highest BCUT2D eigenvalue weighted by atomic mass is 16.1. The summed E-state index contributed by atoms with van der Waals surface area (Å²) in [5.74, 6) is -0.0602. The van der Waals surface area contributed by atoms with E-state index in [0.717, 1.165) is 30.4 Å². The zero-order chi connectivity index (χ0) is 17.5. The largest absolute Gasteiger partial charge is 0.352 e. The SMILES string of the molecule is CN(CCCNC(=O)c1cccc2cccnc12)Cc1ccccc1. The van der Waals surface area contributed by atoms with Gasteiger partial charge in [-0.15, -0.1) is 0 Å². The van der Waals surface area contributed by atoms with Gasteiger partial charge in [0.2, 0.25) is 0 Å². The zero-order valence-corrected chi connectivity index (χ0v) is 14.5. The van der Waals surface area contributed by atoms with Crippen LogP contribution in [0.2, 0.25) is 0 Å². The number of carbonyl (C=O) groups excluding carboxylic acids is 1. The Bertz CT molecular complexity index is 827. The van der Waals surface area contributed by atoms with Gasteiger partial charge >= 0.3 is 0 Å². The number of fused-ring (bicyclic) bond motifs is 1. The van der Waals surface area contributed by atoms with E-state index in [2.05, 4.69) is 46.5 Å². The van der Waals surface area contributed by atoms with Gasteiger partial charge in [0.15, 0.2) is 0 Å². The number of amides is 1. The standard InChI is InChI=1S/C21H23N3O/c1-24(16-17-8-3-2-4-9-17)15-7-14-23-21(25)19-12-5-10-18-11-6-13-22-20(18)19/h2-6,8-13H,7,14-16H2,1H3,(H,23,25). The fourth-order valence-electron chi connectivity index (χ4n) is 2.91. The van der Waals surface area contributed by atoms with E-state index in [1.165, 1.54) is 5.56 Å². The van der Waals surface area contributed by atoms with Crippen molar-refractivity contribution in [3.63, 3.8) is 0 Å². The summed E-state index contributed by atoms with van der Waals surface area (Å²) in [6, 6.07) is 19.9. The molecular weight excluding hydrogens is 310 g/mol. The highest BCUT2D eigenvalue weighted by molar-refractivity contribution is 6.05. The van der Waals surface area contributed by atoms with E-state index in [1.54, 1.807) is 6.20 Å². The summed E-state index contributed by atoms with van der Waals surface area (Å²) in [5.41, 5.74) is 2.69. The number of nitrogens with zero attached hydrogens (tertiary/aromatic N) is 2. The number of para-hydroxylation sites is 1. The fourth-order valence-corrected chi connectivity index (χ4v) is 2.91. The van der Waals surface area contributed by atoms with Crippen molar-refractivity contribution in [1.29, 1.82) is 0 Å². The van der Waals surface area contributed by atoms with E-state index in [9.17, 15) is 4.79 Å². The average molecular weight is 333 g/mol. The Morgan fingerprint density at radius 1 is 1.04 bits per heavy atom. The number of pyridine rings is 1. The van der Waals surface area contributed by atoms with Gasteiger partial charge in [-0.25, -0.2) is 0 Å². The molecule has 4 nitrogen and oxygen atoms in total. The van der Waals surface area contributed by atoms with E-state index in [4.69, 9.17) is 0 Å². The third-order valence-electron chi connectivity index (χ3n) is 4.17. The quantitative estimate of drug-likeness (QED) is 0.673. The first-order valence-corrected chi connectivity index (χ1v) is 8.58. The van der Waals surface area contributed by atoms with Gasteiger partial charge in [0.1, 0.15) is 0 Å². The Hall–Kier alpha value is -2.72. The molecule has 1 heterocycles. The minimum Gasteiger partial charge on any atom is -0.352 e. The highest BCUT2D eigenvalue weighted by Gasteiger charge is 2.10. The lowest BCUT2D eigenvalue weighted by Gasteiger charge is -2.16. The average Bonchev–Trinajstić information content (AvgIpc) is 2.65. The first-order valence-electron chi connectivity index (χ1n) is 8.58. The number of hydrogen-bond donors (Lipinski definition) is 1. The summed E-state index contributed by atoms with van der Waals surface area (Å²) in [6.07, 6.45) is 2.63. The molecule has 0 unspecified atom stereocenters. The van der Waals surface area contributed by atoms with Gasteiger partial charge in [0, 0.05) is 24.7 Å². The van der Waals surface area contributed by atoms with Crippen molar-refractivity contribution in [2.75, 3.05) is 20.1 Å². The van der Waals surface area contributed by atoms with E-state index in [1.807, 2.05) is 36.4 Å². The summed E-state index contributed by atoms with van der Waals surface area (Å²) in [6.45, 7) is 2.51. The van der Waals surface area contributed by atoms with Gasteiger partial charge in [-0.1, -0.05) is 48.5 Å². The van der Waals surface area contributed by atoms with E-state index < -0.39 is 0 Å². The highest BCUT2D eigenvalue weighted by Crippen LogP contribution is 2.15. The molecule has 0 saturated carbocycles. The molecule has 3 aromatic rings. The molecule has 0 spiro atoms. The number of hydrogen-bond acceptors (Lipinski definition) is 3. The normalized spacial score (nSPS) is 11.0. The monoisotopic (exact) mass is 333 g/mol. The van der Waals surface area contributed by atoms with Crippen molar-refractivity contribution in [2.24, 2.45) is 0 Å². The lowest BCUT2D eigenvalue weighted by Crippen LogP contribution is -2.28. The van der Waals surface area contributed by atoms with Crippen molar-refractivity contribution in [1.82, 2.24) is 15.2 Å². The van der Waals surface area contributed by atoms with Gasteiger partial charge in [-0.3, -0.25) is 9.78 Å². The molecule has 0 aliphatic heterocycles. The van der Waals surface area contributed by atoms with Crippen molar-refractivity contribution in [3.8, 4) is 0 Å². The van der Waals surface area contributed by atoms with Gasteiger partial charge < -0.3 is 10.2 Å². The maximum absolute atomic E-state index is 12.4. The fraction of sp³-hybridized carbons (Fsp3) is 0.238. The van der Waals surface area contributed by atoms with Crippen LogP contribution >= 0.6 is 0 Å². The molecule has 0 aliphatic carbocycles. The van der Waals surface area contributed by atoms with Gasteiger partial charge in [-0.05, 0) is 37.7 Å². The molecule has 0 fully saturated rings.